The van der Waals surface area contributed by atoms with Crippen molar-refractivity contribution in [3.05, 3.63) is 45.5 Å². The lowest BCUT2D eigenvalue weighted by molar-refractivity contribution is 0.0772. The van der Waals surface area contributed by atoms with E-state index in [0.29, 0.717) is 15.6 Å². The second-order valence-corrected chi connectivity index (χ2v) is 6.72. The monoisotopic (exact) mass is 409 g/mol. The molecule has 1 N–H and O–H groups in total. The Morgan fingerprint density at radius 2 is 2.04 bits per heavy atom. The summed E-state index contributed by atoms with van der Waals surface area (Å²) in [7, 11) is 0. The van der Waals surface area contributed by atoms with Gasteiger partial charge in [0.1, 0.15) is 0 Å². The van der Waals surface area contributed by atoms with Crippen molar-refractivity contribution in [3.8, 4) is 0 Å². The third-order valence-electron chi connectivity index (χ3n) is 3.73. The zero-order valence-electron chi connectivity index (χ0n) is 12.6. The first-order chi connectivity index (χ1) is 11.8. The van der Waals surface area contributed by atoms with Crippen LogP contribution in [-0.4, -0.2) is 32.2 Å². The van der Waals surface area contributed by atoms with Crippen molar-refractivity contribution in [1.29, 1.82) is 0 Å². The molecule has 0 spiro atoms. The highest BCUT2D eigenvalue weighted by atomic mass is 35.5. The number of aromatic nitrogens is 3. The molecule has 11 heteroatoms. The number of alkyl halides is 3. The van der Waals surface area contributed by atoms with Crippen LogP contribution in [0.5, 0.6) is 0 Å². The molecule has 1 aromatic carbocycles. The highest BCUT2D eigenvalue weighted by Gasteiger charge is 2.37. The Morgan fingerprint density at radius 3 is 2.76 bits per heavy atom. The van der Waals surface area contributed by atoms with Crippen molar-refractivity contribution in [3.63, 3.8) is 0 Å². The van der Waals surface area contributed by atoms with Crippen molar-refractivity contribution in [2.45, 2.75) is 25.0 Å². The van der Waals surface area contributed by atoms with Gasteiger partial charge in [0.05, 0.1) is 6.54 Å². The van der Waals surface area contributed by atoms with Gasteiger partial charge in [-0.05, 0) is 35.4 Å². The van der Waals surface area contributed by atoms with Gasteiger partial charge in [0.25, 0.3) is 0 Å². The van der Waals surface area contributed by atoms with Gasteiger partial charge in [-0.1, -0.05) is 23.2 Å². The van der Waals surface area contributed by atoms with Gasteiger partial charge in [0.15, 0.2) is 5.82 Å². The molecule has 0 aliphatic carbocycles. The van der Waals surface area contributed by atoms with Gasteiger partial charge in [-0.15, -0.1) is 10.2 Å². The highest BCUT2D eigenvalue weighted by Crippen LogP contribution is 2.32. The Bertz CT molecular complexity index is 808. The van der Waals surface area contributed by atoms with Gasteiger partial charge in [0.2, 0.25) is 5.82 Å². The van der Waals surface area contributed by atoms with Crippen molar-refractivity contribution in [2.24, 2.45) is 0 Å². The number of carbonyl (C=O) groups excluding carboxylic acids is 1. The van der Waals surface area contributed by atoms with E-state index in [0.717, 1.165) is 0 Å². The molecule has 1 aliphatic heterocycles. The Morgan fingerprint density at radius 1 is 1.28 bits per heavy atom. The molecule has 1 aliphatic rings. The molecule has 6 nitrogen and oxygen atoms in total. The molecule has 0 unspecified atom stereocenters. The fraction of sp³-hybridized carbons (Fsp3) is 0.357. The number of fused-ring (bicyclic) bond motifs is 1. The van der Waals surface area contributed by atoms with Gasteiger partial charge in [0, 0.05) is 29.7 Å². The van der Waals surface area contributed by atoms with Gasteiger partial charge in [-0.2, -0.15) is 8.78 Å². The first-order valence-corrected chi connectivity index (χ1v) is 8.35. The fourth-order valence-corrected chi connectivity index (χ4v) is 3.02. The summed E-state index contributed by atoms with van der Waals surface area (Å²) in [5.41, 5.74) is 0.673. The fourth-order valence-electron chi connectivity index (χ4n) is 2.50. The minimum Gasteiger partial charge on any atom is -0.334 e. The molecule has 1 aromatic heterocycles. The Balaban J connectivity index is 1.65. The second-order valence-electron chi connectivity index (χ2n) is 5.41. The van der Waals surface area contributed by atoms with Crippen LogP contribution in [0.1, 0.15) is 17.2 Å². The van der Waals surface area contributed by atoms with E-state index in [9.17, 15) is 13.6 Å². The van der Waals surface area contributed by atoms with Gasteiger partial charge >= 0.3 is 11.4 Å². The highest BCUT2D eigenvalue weighted by molar-refractivity contribution is 6.33. The maximum atomic E-state index is 13.2. The summed E-state index contributed by atoms with van der Waals surface area (Å²) in [5, 5.41) is 7.22. The SMILES string of the molecule is O=C(NCc1cc(Cl)ccc1Cl)N1CCn2c(nnc2C(F)(F)Cl)C1. The molecular formula is C14H12Cl3F2N5O. The summed E-state index contributed by atoms with van der Waals surface area (Å²) >= 11 is 17.0. The van der Waals surface area contributed by atoms with Gasteiger partial charge in [-0.25, -0.2) is 4.79 Å². The summed E-state index contributed by atoms with van der Waals surface area (Å²) in [4.78, 5) is 13.7. The molecule has 3 rings (SSSR count). The van der Waals surface area contributed by atoms with E-state index in [1.54, 1.807) is 18.2 Å². The predicted molar refractivity (Wildman–Crippen MR) is 88.9 cm³/mol. The number of benzene rings is 1. The summed E-state index contributed by atoms with van der Waals surface area (Å²) in [5.74, 6) is -0.368. The zero-order chi connectivity index (χ0) is 18.2. The van der Waals surface area contributed by atoms with Gasteiger partial charge in [-0.3, -0.25) is 0 Å². The first-order valence-electron chi connectivity index (χ1n) is 7.21. The van der Waals surface area contributed by atoms with Crippen molar-refractivity contribution in [2.75, 3.05) is 6.54 Å². The molecule has 2 amide bonds. The minimum absolute atomic E-state index is 0.0507. The van der Waals surface area contributed by atoms with Crippen molar-refractivity contribution < 1.29 is 13.6 Å². The number of nitrogens with one attached hydrogen (secondary N) is 1. The van der Waals surface area contributed by atoms with Crippen LogP contribution in [0, 0.1) is 0 Å². The van der Waals surface area contributed by atoms with Crippen molar-refractivity contribution in [1.82, 2.24) is 25.0 Å². The first kappa shape index (κ1) is 18.2. The third-order valence-corrected chi connectivity index (χ3v) is 4.50. The predicted octanol–water partition coefficient (Wildman–Crippen LogP) is 3.60. The number of nitrogens with zero attached hydrogens (tertiary/aromatic N) is 4. The van der Waals surface area contributed by atoms with E-state index >= 15 is 0 Å². The second kappa shape index (κ2) is 6.93. The molecule has 25 heavy (non-hydrogen) atoms. The molecule has 0 atom stereocenters. The molecule has 2 heterocycles. The van der Waals surface area contributed by atoms with E-state index in [4.69, 9.17) is 34.8 Å². The molecule has 134 valence electrons. The molecule has 0 saturated carbocycles. The summed E-state index contributed by atoms with van der Waals surface area (Å²) in [6.45, 7) is 0.590. The number of hydrogen-bond donors (Lipinski definition) is 1. The number of halogens is 5. The molecule has 2 aromatic rings. The molecule has 0 fully saturated rings. The average Bonchev–Trinajstić information content (AvgIpc) is 2.98. The normalized spacial score (nSPS) is 14.4. The minimum atomic E-state index is -3.60. The zero-order valence-corrected chi connectivity index (χ0v) is 14.9. The van der Waals surface area contributed by atoms with E-state index < -0.39 is 11.2 Å². The maximum Gasteiger partial charge on any atom is 0.381 e. The van der Waals surface area contributed by atoms with E-state index in [1.165, 1.54) is 9.47 Å². The topological polar surface area (TPSA) is 63.1 Å². The largest absolute Gasteiger partial charge is 0.381 e. The summed E-state index contributed by atoms with van der Waals surface area (Å²) < 4.78 is 27.7. The number of hydrogen-bond acceptors (Lipinski definition) is 3. The number of rotatable bonds is 3. The molecular weight excluding hydrogens is 399 g/mol. The van der Waals surface area contributed by atoms with Crippen LogP contribution in [-0.2, 0) is 25.0 Å². The van der Waals surface area contributed by atoms with Crippen LogP contribution in [0.2, 0.25) is 10.0 Å². The Labute approximate surface area is 156 Å². The van der Waals surface area contributed by atoms with Crippen molar-refractivity contribution >= 4 is 40.8 Å². The van der Waals surface area contributed by atoms with Crippen LogP contribution in [0.15, 0.2) is 18.2 Å². The molecule has 0 bridgehead atoms. The lowest BCUT2D eigenvalue weighted by Gasteiger charge is -2.28. The standard InChI is InChI=1S/C14H12Cl3F2N5O/c15-9-1-2-10(16)8(5-9)6-20-13(25)23-3-4-24-11(7-23)21-22-12(24)14(17,18)19/h1-2,5H,3-4,6-7H2,(H,20,25). The maximum absolute atomic E-state index is 13.2. The Hall–Kier alpha value is -1.64. The third kappa shape index (κ3) is 3.96. The van der Waals surface area contributed by atoms with Crippen LogP contribution in [0.4, 0.5) is 13.6 Å². The lowest BCUT2D eigenvalue weighted by Crippen LogP contribution is -2.44. The smallest absolute Gasteiger partial charge is 0.334 e. The number of urea groups is 1. The number of amides is 2. The van der Waals surface area contributed by atoms with Crippen LogP contribution < -0.4 is 5.32 Å². The van der Waals surface area contributed by atoms with Crippen LogP contribution >= 0.6 is 34.8 Å². The van der Waals surface area contributed by atoms with E-state index in [-0.39, 0.29) is 38.0 Å². The number of carbonyl (C=O) groups is 1. The van der Waals surface area contributed by atoms with Gasteiger partial charge < -0.3 is 14.8 Å². The quantitative estimate of drug-likeness (QED) is 0.787. The molecule has 0 saturated heterocycles. The Kier molecular flexibility index (Phi) is 5.04. The van der Waals surface area contributed by atoms with E-state index in [2.05, 4.69) is 15.5 Å². The molecule has 0 radical (unpaired) electrons. The average molecular weight is 411 g/mol. The van der Waals surface area contributed by atoms with Crippen LogP contribution in [0.3, 0.4) is 0 Å². The van der Waals surface area contributed by atoms with E-state index in [1.807, 2.05) is 0 Å². The summed E-state index contributed by atoms with van der Waals surface area (Å²) in [6.07, 6.45) is 0. The lowest BCUT2D eigenvalue weighted by atomic mass is 10.2. The summed E-state index contributed by atoms with van der Waals surface area (Å²) in [6, 6.07) is 4.58. The van der Waals surface area contributed by atoms with Crippen LogP contribution in [0.25, 0.3) is 0 Å².